The van der Waals surface area contributed by atoms with Gasteiger partial charge in [0.25, 0.3) is 5.91 Å². The first-order chi connectivity index (χ1) is 12.8. The lowest BCUT2D eigenvalue weighted by Gasteiger charge is -2.36. The van der Waals surface area contributed by atoms with Crippen LogP contribution in [0.2, 0.25) is 0 Å². The molecule has 8 heteroatoms. The van der Waals surface area contributed by atoms with Gasteiger partial charge < -0.3 is 19.9 Å². The third-order valence-corrected chi connectivity index (χ3v) is 4.27. The molecule has 0 saturated carbocycles. The van der Waals surface area contributed by atoms with Crippen molar-refractivity contribution in [2.45, 2.75) is 6.42 Å². The fourth-order valence-corrected chi connectivity index (χ4v) is 2.87. The van der Waals surface area contributed by atoms with Gasteiger partial charge in [-0.3, -0.25) is 9.78 Å². The van der Waals surface area contributed by atoms with Crippen molar-refractivity contribution < 1.29 is 9.53 Å². The summed E-state index contributed by atoms with van der Waals surface area (Å²) in [6.07, 6.45) is 5.99. The molecule has 138 valence electrons. The smallest absolute Gasteiger partial charge is 0.269 e. The van der Waals surface area contributed by atoms with Gasteiger partial charge in [0.1, 0.15) is 5.69 Å². The van der Waals surface area contributed by atoms with Crippen molar-refractivity contribution in [3.8, 4) is 0 Å². The number of carbonyl (C=O) groups excluding carboxylic acids is 1. The number of rotatable bonds is 7. The summed E-state index contributed by atoms with van der Waals surface area (Å²) in [5, 5.41) is 2.87. The molecule has 0 atom stereocenters. The second kappa shape index (κ2) is 9.10. The molecular weight excluding hydrogens is 332 g/mol. The number of aromatic nitrogens is 3. The van der Waals surface area contributed by atoms with E-state index in [-0.39, 0.29) is 5.91 Å². The number of amides is 1. The number of hydrogen-bond donors (Lipinski definition) is 1. The second-order valence-corrected chi connectivity index (χ2v) is 6.02. The van der Waals surface area contributed by atoms with Crippen LogP contribution in [0.4, 0.5) is 11.6 Å². The zero-order valence-corrected chi connectivity index (χ0v) is 15.0. The van der Waals surface area contributed by atoms with Gasteiger partial charge in [0.15, 0.2) is 0 Å². The maximum atomic E-state index is 12.2. The molecular formula is C18H24N6O2. The predicted molar refractivity (Wildman–Crippen MR) is 99.5 cm³/mol. The highest BCUT2D eigenvalue weighted by Crippen LogP contribution is 2.18. The van der Waals surface area contributed by atoms with Crippen molar-refractivity contribution in [2.24, 2.45) is 0 Å². The van der Waals surface area contributed by atoms with Gasteiger partial charge in [0.05, 0.1) is 0 Å². The summed E-state index contributed by atoms with van der Waals surface area (Å²) < 4.78 is 4.98. The predicted octanol–water partition coefficient (Wildman–Crippen LogP) is 0.964. The Bertz CT molecular complexity index is 704. The second-order valence-electron chi connectivity index (χ2n) is 6.02. The normalized spacial score (nSPS) is 14.3. The monoisotopic (exact) mass is 356 g/mol. The van der Waals surface area contributed by atoms with Gasteiger partial charge in [0, 0.05) is 70.7 Å². The van der Waals surface area contributed by atoms with E-state index in [1.807, 2.05) is 18.2 Å². The number of anilines is 2. The Kier molecular flexibility index (Phi) is 6.32. The van der Waals surface area contributed by atoms with Crippen LogP contribution in [0.1, 0.15) is 16.9 Å². The molecule has 0 radical (unpaired) electrons. The first-order valence-corrected chi connectivity index (χ1v) is 8.78. The zero-order chi connectivity index (χ0) is 18.2. The molecule has 0 spiro atoms. The van der Waals surface area contributed by atoms with Crippen molar-refractivity contribution in [2.75, 3.05) is 56.2 Å². The molecule has 2 aromatic heterocycles. The lowest BCUT2D eigenvalue weighted by molar-refractivity contribution is 0.0943. The fraction of sp³-hybridized carbons (Fsp3) is 0.444. The van der Waals surface area contributed by atoms with Gasteiger partial charge >= 0.3 is 0 Å². The van der Waals surface area contributed by atoms with Crippen LogP contribution in [0.5, 0.6) is 0 Å². The maximum Gasteiger partial charge on any atom is 0.269 e. The Labute approximate surface area is 153 Å². The minimum Gasteiger partial charge on any atom is -0.385 e. The number of ether oxygens (including phenoxy) is 1. The lowest BCUT2D eigenvalue weighted by atomic mass is 10.2. The van der Waals surface area contributed by atoms with E-state index >= 15 is 0 Å². The highest BCUT2D eigenvalue weighted by molar-refractivity contribution is 5.93. The quantitative estimate of drug-likeness (QED) is 0.740. The van der Waals surface area contributed by atoms with E-state index in [0.717, 1.165) is 44.2 Å². The lowest BCUT2D eigenvalue weighted by Crippen LogP contribution is -2.47. The molecule has 1 N–H and O–H groups in total. The van der Waals surface area contributed by atoms with Crippen molar-refractivity contribution in [1.29, 1.82) is 0 Å². The van der Waals surface area contributed by atoms with E-state index in [4.69, 9.17) is 4.74 Å². The van der Waals surface area contributed by atoms with Crippen LogP contribution in [0, 0.1) is 0 Å². The molecule has 1 amide bonds. The van der Waals surface area contributed by atoms with Crippen LogP contribution in [-0.2, 0) is 4.74 Å². The van der Waals surface area contributed by atoms with E-state index in [2.05, 4.69) is 30.1 Å². The summed E-state index contributed by atoms with van der Waals surface area (Å²) in [5.74, 6) is 0.609. The van der Waals surface area contributed by atoms with Gasteiger partial charge in [-0.15, -0.1) is 0 Å². The van der Waals surface area contributed by atoms with Crippen molar-refractivity contribution >= 4 is 17.5 Å². The van der Waals surface area contributed by atoms with E-state index in [1.165, 1.54) is 0 Å². The summed E-state index contributed by atoms with van der Waals surface area (Å²) in [6, 6.07) is 5.61. The van der Waals surface area contributed by atoms with E-state index < -0.39 is 0 Å². The average Bonchev–Trinajstić information content (AvgIpc) is 2.72. The standard InChI is InChI=1S/C18H24N6O2/c1-26-13-3-7-20-17(25)16-14-15(4-8-19-16)23-9-11-24(12-10-23)18-21-5-2-6-22-18/h2,4-6,8,14H,3,7,9-13H2,1H3,(H,20,25). The zero-order valence-electron chi connectivity index (χ0n) is 15.0. The SMILES string of the molecule is COCCCNC(=O)c1cc(N2CCN(c3ncccn3)CC2)ccn1. The van der Waals surface area contributed by atoms with Crippen LogP contribution < -0.4 is 15.1 Å². The third kappa shape index (κ3) is 4.66. The summed E-state index contributed by atoms with van der Waals surface area (Å²) in [7, 11) is 1.65. The van der Waals surface area contributed by atoms with Crippen LogP contribution in [-0.4, -0.2) is 67.3 Å². The molecule has 0 aliphatic carbocycles. The largest absolute Gasteiger partial charge is 0.385 e. The summed E-state index contributed by atoms with van der Waals surface area (Å²) in [5.41, 5.74) is 1.45. The van der Waals surface area contributed by atoms with Crippen molar-refractivity contribution in [1.82, 2.24) is 20.3 Å². The fourth-order valence-electron chi connectivity index (χ4n) is 2.87. The topological polar surface area (TPSA) is 83.5 Å². The number of nitrogens with zero attached hydrogens (tertiary/aromatic N) is 5. The highest BCUT2D eigenvalue weighted by Gasteiger charge is 2.20. The molecule has 0 unspecified atom stereocenters. The van der Waals surface area contributed by atoms with Gasteiger partial charge in [0.2, 0.25) is 5.95 Å². The van der Waals surface area contributed by atoms with Crippen molar-refractivity contribution in [3.63, 3.8) is 0 Å². The molecule has 2 aromatic rings. The number of nitrogens with one attached hydrogen (secondary N) is 1. The Balaban J connectivity index is 1.56. The number of hydrogen-bond acceptors (Lipinski definition) is 7. The molecule has 26 heavy (non-hydrogen) atoms. The Morgan fingerprint density at radius 1 is 1.12 bits per heavy atom. The molecule has 1 aliphatic rings. The van der Waals surface area contributed by atoms with Crippen LogP contribution >= 0.6 is 0 Å². The number of methoxy groups -OCH3 is 1. The Hall–Kier alpha value is -2.74. The first kappa shape index (κ1) is 18.1. The molecule has 0 bridgehead atoms. The van der Waals surface area contributed by atoms with Gasteiger partial charge in [-0.2, -0.15) is 0 Å². The molecule has 3 heterocycles. The number of piperazine rings is 1. The minimum atomic E-state index is -0.153. The molecule has 8 nitrogen and oxygen atoms in total. The van der Waals surface area contributed by atoms with E-state index in [9.17, 15) is 4.79 Å². The Morgan fingerprint density at radius 2 is 1.85 bits per heavy atom. The molecule has 3 rings (SSSR count). The van der Waals surface area contributed by atoms with Crippen LogP contribution in [0.25, 0.3) is 0 Å². The molecule has 1 fully saturated rings. The van der Waals surface area contributed by atoms with Gasteiger partial charge in [-0.1, -0.05) is 0 Å². The van der Waals surface area contributed by atoms with Gasteiger partial charge in [-0.25, -0.2) is 9.97 Å². The Morgan fingerprint density at radius 3 is 2.58 bits per heavy atom. The average molecular weight is 356 g/mol. The first-order valence-electron chi connectivity index (χ1n) is 8.78. The summed E-state index contributed by atoms with van der Waals surface area (Å²) >= 11 is 0. The number of carbonyl (C=O) groups is 1. The minimum absolute atomic E-state index is 0.153. The maximum absolute atomic E-state index is 12.2. The number of pyridine rings is 1. The summed E-state index contributed by atoms with van der Waals surface area (Å²) in [6.45, 7) is 4.57. The third-order valence-electron chi connectivity index (χ3n) is 4.27. The highest BCUT2D eigenvalue weighted by atomic mass is 16.5. The van der Waals surface area contributed by atoms with Crippen LogP contribution in [0.3, 0.4) is 0 Å². The van der Waals surface area contributed by atoms with E-state index in [1.54, 1.807) is 25.7 Å². The molecule has 1 saturated heterocycles. The van der Waals surface area contributed by atoms with Crippen molar-refractivity contribution in [3.05, 3.63) is 42.5 Å². The van der Waals surface area contributed by atoms with Gasteiger partial charge in [-0.05, 0) is 24.6 Å². The summed E-state index contributed by atoms with van der Waals surface area (Å²) in [4.78, 5) is 29.4. The molecule has 1 aliphatic heterocycles. The van der Waals surface area contributed by atoms with Crippen LogP contribution in [0.15, 0.2) is 36.8 Å². The van der Waals surface area contributed by atoms with E-state index in [0.29, 0.717) is 18.8 Å². The molecule has 0 aromatic carbocycles.